The molecule has 86 heavy (non-hydrogen) atoms. The summed E-state index contributed by atoms with van der Waals surface area (Å²) < 4.78 is 104. The largest absolute Gasteiger partial charge is 3.00 e. The SMILES string of the molecule is CN(C)P(=O)(N(C)C)N(C)C.CN(C)P(=O)(N(C)C)N(C)C.CN(C)P(=O)(N(C)C)N(C)C.CN(C)P(=O)(N(C)C)N(C)C.CN(C)P(=O)(N(C)C)N(C)C.CN(C)P(=O)(N(C)C)N(C)C.O.O.[Cl-].[Cl-].[Cl-].[Cl-].[Cl-].[Cl-].[OH3+].[OH3+].[OH3+].[OH3+].[OH3+].[OH3+].[OH3+].[OH3+].[OH3+].[OH3+].[Y+3].[Y+3]. The Labute approximate surface area is 610 Å². The molecule has 0 heterocycles. The Bertz CT molecular complexity index is 1200. The van der Waals surface area contributed by atoms with Gasteiger partial charge in [-0.1, -0.05) is 0 Å². The molecule has 0 aliphatic heterocycles. The van der Waals surface area contributed by atoms with Crippen LogP contribution in [0.2, 0.25) is 0 Å². The molecule has 0 fully saturated rings. The summed E-state index contributed by atoms with van der Waals surface area (Å²) in [5.41, 5.74) is 0. The first-order valence-corrected chi connectivity index (χ1v) is 30.2. The van der Waals surface area contributed by atoms with Crippen molar-refractivity contribution in [2.45, 2.75) is 0 Å². The molecule has 34 N–H and O–H groups in total. The topological polar surface area (TPSA) is 554 Å². The number of rotatable bonds is 18. The first-order chi connectivity index (χ1) is 29.0. The van der Waals surface area contributed by atoms with E-state index in [1.807, 2.05) is 254 Å². The van der Waals surface area contributed by atoms with Crippen LogP contribution in [0.4, 0.5) is 0 Å². The van der Waals surface area contributed by atoms with Crippen LogP contribution in [-0.2, 0) is 148 Å². The van der Waals surface area contributed by atoms with E-state index in [1.165, 1.54) is 0 Å². The summed E-state index contributed by atoms with van der Waals surface area (Å²) in [5.74, 6) is 0. The zero-order chi connectivity index (χ0) is 55.4. The molecule has 0 bridgehead atoms. The van der Waals surface area contributed by atoms with Crippen molar-refractivity contribution < 1.29 is 233 Å². The average molecular weight is 1690 g/mol. The Hall–Kier alpha value is 4.13. The Morgan fingerprint density at radius 1 is 0.140 bits per heavy atom. The monoisotopic (exact) mass is 1690 g/mol. The summed E-state index contributed by atoms with van der Waals surface area (Å²) in [4.78, 5) is 0. The van der Waals surface area contributed by atoms with Gasteiger partial charge in [0.05, 0.1) is 0 Å². The predicted molar refractivity (Wildman–Crippen MR) is 348 cm³/mol. The number of halogens is 6. The standard InChI is InChI=1S/6C6H18N3OP.6ClH.12H2O.2Y/c6*1-7(2)11(10,8(3)4)9(5)6;;;;;;;;;;;;;;;;;;;;/h6*1-6H3;6*1H;12*1H2;;/q;;;;;;;;;;;;;;;;;;;;;;;;2*+3/p+4. The fourth-order valence-corrected chi connectivity index (χ4v) is 19.3. The summed E-state index contributed by atoms with van der Waals surface area (Å²) >= 11 is 0. The van der Waals surface area contributed by atoms with Gasteiger partial charge in [-0.05, 0) is 254 Å². The molecule has 0 unspecified atom stereocenters. The fraction of sp³-hybridized carbons (Fsp3) is 1.00. The minimum Gasteiger partial charge on any atom is -1.00 e. The van der Waals surface area contributed by atoms with E-state index in [4.69, 9.17) is 0 Å². The van der Waals surface area contributed by atoms with E-state index in [-0.39, 0.29) is 206 Å². The molecule has 0 saturated heterocycles. The molecule has 552 valence electrons. The van der Waals surface area contributed by atoms with Crippen LogP contribution in [-0.4, -0.2) is 349 Å². The smallest absolute Gasteiger partial charge is 1.00 e. The summed E-state index contributed by atoms with van der Waals surface area (Å²) in [5, 5.41) is 0. The van der Waals surface area contributed by atoms with Crippen molar-refractivity contribution in [2.24, 2.45) is 0 Å². The summed E-state index contributed by atoms with van der Waals surface area (Å²) in [6.45, 7) is 0. The number of nitrogens with zero attached hydrogens (tertiary/aromatic N) is 18. The van der Waals surface area contributed by atoms with E-state index < -0.39 is 45.6 Å². The van der Waals surface area contributed by atoms with Gasteiger partial charge in [0.2, 0.25) is 0 Å². The summed E-state index contributed by atoms with van der Waals surface area (Å²) in [6.07, 6.45) is 0. The van der Waals surface area contributed by atoms with Crippen LogP contribution < -0.4 is 74.4 Å². The van der Waals surface area contributed by atoms with Gasteiger partial charge in [-0.25, -0.2) is 84.1 Å². The van der Waals surface area contributed by atoms with Gasteiger partial charge in [0, 0.05) is 0 Å². The fourth-order valence-electron chi connectivity index (χ4n) is 6.44. The Balaban J connectivity index is -0.0000000200. The second-order valence-electron chi connectivity index (χ2n) is 18.3. The number of hydrogen-bond acceptors (Lipinski definition) is 6. The van der Waals surface area contributed by atoms with E-state index in [9.17, 15) is 27.4 Å². The molecule has 0 spiro atoms. The van der Waals surface area contributed by atoms with E-state index in [0.29, 0.717) is 0 Å². The minimum atomic E-state index is -2.44. The molecule has 0 aromatic rings. The van der Waals surface area contributed by atoms with E-state index in [2.05, 4.69) is 0 Å². The quantitative estimate of drug-likeness (QED) is 0.0908. The zero-order valence-electron chi connectivity index (χ0n) is 59.4. The van der Waals surface area contributed by atoms with Crippen LogP contribution in [0.15, 0.2) is 0 Å². The Morgan fingerprint density at radius 2 is 0.163 bits per heavy atom. The third kappa shape index (κ3) is 53.2. The van der Waals surface area contributed by atoms with Gasteiger partial charge in [0.15, 0.2) is 0 Å². The third-order valence-electron chi connectivity index (χ3n) is 9.38. The minimum absolute atomic E-state index is 0. The number of hydrogen-bond donors (Lipinski definition) is 0. The van der Waals surface area contributed by atoms with Crippen molar-refractivity contribution in [3.8, 4) is 0 Å². The van der Waals surface area contributed by atoms with Gasteiger partial charge in [-0.15, -0.1) is 0 Å². The van der Waals surface area contributed by atoms with Crippen molar-refractivity contribution >= 4 is 45.6 Å². The summed E-state index contributed by atoms with van der Waals surface area (Å²) in [6, 6.07) is 0. The molecule has 0 aromatic carbocycles. The van der Waals surface area contributed by atoms with Gasteiger partial charge < -0.3 is 140 Å². The van der Waals surface area contributed by atoms with Crippen LogP contribution in [0.3, 0.4) is 0 Å². The Kier molecular flexibility index (Phi) is 158. The van der Waals surface area contributed by atoms with Gasteiger partial charge in [-0.2, -0.15) is 0 Å². The molecular formula is C36H142Cl6N18O18P6Y2+10. The van der Waals surface area contributed by atoms with Gasteiger partial charge >= 0.3 is 65.4 Å². The molecule has 50 heteroatoms. The molecule has 0 aliphatic carbocycles. The molecule has 0 amide bonds. The maximum absolute atomic E-state index is 12.1. The van der Waals surface area contributed by atoms with Gasteiger partial charge in [0.25, 0.3) is 45.6 Å². The molecule has 0 rings (SSSR count). The molecule has 0 radical (unpaired) electrons. The van der Waals surface area contributed by atoms with Crippen molar-refractivity contribution in [1.29, 1.82) is 0 Å². The predicted octanol–water partition coefficient (Wildman–Crippen LogP) is -24.2. The molecule has 0 atom stereocenters. The van der Waals surface area contributed by atoms with Gasteiger partial charge in [-0.3, -0.25) is 27.4 Å². The van der Waals surface area contributed by atoms with Crippen molar-refractivity contribution in [3.05, 3.63) is 0 Å². The molecular weight excluding hydrogens is 1550 g/mol. The maximum atomic E-state index is 12.1. The van der Waals surface area contributed by atoms with Crippen LogP contribution in [0.25, 0.3) is 0 Å². The van der Waals surface area contributed by atoms with E-state index >= 15 is 0 Å². The first kappa shape index (κ1) is 174. The van der Waals surface area contributed by atoms with E-state index in [0.717, 1.165) is 0 Å². The molecule has 0 aromatic heterocycles. The van der Waals surface area contributed by atoms with Crippen LogP contribution in [0, 0.1) is 0 Å². The average Bonchev–Trinajstić information content (AvgIpc) is 3.15. The zero-order valence-corrected chi connectivity index (χ0v) is 75.0. The molecule has 36 nitrogen and oxygen atoms in total. The van der Waals surface area contributed by atoms with Crippen molar-refractivity contribution in [2.75, 3.05) is 254 Å². The molecule has 0 saturated carbocycles. The van der Waals surface area contributed by atoms with Crippen LogP contribution in [0.5, 0.6) is 0 Å². The first-order valence-electron chi connectivity index (χ1n) is 20.8. The van der Waals surface area contributed by atoms with Crippen LogP contribution in [0.1, 0.15) is 0 Å². The van der Waals surface area contributed by atoms with Crippen molar-refractivity contribution in [3.63, 3.8) is 0 Å². The third-order valence-corrected chi connectivity index (χ3v) is 28.1. The Morgan fingerprint density at radius 3 is 0.163 bits per heavy atom. The summed E-state index contributed by atoms with van der Waals surface area (Å²) in [7, 11) is 50.9. The van der Waals surface area contributed by atoms with Gasteiger partial charge in [0.1, 0.15) is 0 Å². The van der Waals surface area contributed by atoms with Crippen LogP contribution >= 0.6 is 45.6 Å². The van der Waals surface area contributed by atoms with Crippen molar-refractivity contribution in [1.82, 2.24) is 84.1 Å². The second kappa shape index (κ2) is 78.1. The maximum Gasteiger partial charge on any atom is 3.00 e. The molecule has 0 aliphatic rings. The second-order valence-corrected chi connectivity index (χ2v) is 38.9. The normalized spacial score (nSPS) is 10.4. The van der Waals surface area contributed by atoms with E-state index in [1.54, 1.807) is 84.1 Å².